The van der Waals surface area contributed by atoms with Gasteiger partial charge in [0.1, 0.15) is 5.82 Å². The molecule has 0 aliphatic heterocycles. The summed E-state index contributed by atoms with van der Waals surface area (Å²) >= 11 is 0. The van der Waals surface area contributed by atoms with Crippen LogP contribution in [0.15, 0.2) is 36.7 Å². The second kappa shape index (κ2) is 5.08. The number of carbonyl (C=O) groups is 1. The van der Waals surface area contributed by atoms with E-state index >= 15 is 0 Å². The number of rotatable bonds is 3. The maximum atomic E-state index is 13.8. The summed E-state index contributed by atoms with van der Waals surface area (Å²) in [6.07, 6.45) is 3.45. The van der Waals surface area contributed by atoms with Crippen molar-refractivity contribution in [3.63, 3.8) is 0 Å². The van der Waals surface area contributed by atoms with Gasteiger partial charge in [0.2, 0.25) is 0 Å². The van der Waals surface area contributed by atoms with Gasteiger partial charge < -0.3 is 0 Å². The van der Waals surface area contributed by atoms with Crippen LogP contribution in [0.3, 0.4) is 0 Å². The van der Waals surface area contributed by atoms with E-state index < -0.39 is 5.82 Å². The van der Waals surface area contributed by atoms with Crippen LogP contribution < -0.4 is 0 Å². The molecule has 1 aromatic carbocycles. The molecule has 0 unspecified atom stereocenters. The maximum absolute atomic E-state index is 13.8. The third-order valence-corrected chi connectivity index (χ3v) is 2.82. The van der Waals surface area contributed by atoms with Crippen molar-refractivity contribution in [1.29, 1.82) is 0 Å². The molecule has 0 aliphatic rings. The molecule has 2 rings (SSSR count). The molecule has 1 aromatic heterocycles. The van der Waals surface area contributed by atoms with Crippen molar-refractivity contribution < 1.29 is 9.18 Å². The van der Waals surface area contributed by atoms with Crippen LogP contribution in [-0.4, -0.2) is 10.8 Å². The molecule has 0 aliphatic carbocycles. The molecule has 0 bridgehead atoms. The second-order valence-electron chi connectivity index (χ2n) is 4.39. The third kappa shape index (κ3) is 2.62. The third-order valence-electron chi connectivity index (χ3n) is 2.82. The Morgan fingerprint density at radius 1 is 1.22 bits per heavy atom. The lowest BCUT2D eigenvalue weighted by atomic mass is 9.97. The highest BCUT2D eigenvalue weighted by Crippen LogP contribution is 2.18. The van der Waals surface area contributed by atoms with Crippen LogP contribution in [0.2, 0.25) is 0 Å². The van der Waals surface area contributed by atoms with Gasteiger partial charge in [-0.05, 0) is 48.7 Å². The molecule has 0 radical (unpaired) electrons. The topological polar surface area (TPSA) is 30.0 Å². The monoisotopic (exact) mass is 243 g/mol. The first-order valence-electron chi connectivity index (χ1n) is 5.77. The van der Waals surface area contributed by atoms with E-state index in [0.717, 1.165) is 11.1 Å². The average molecular weight is 243 g/mol. The molecule has 0 amide bonds. The number of aromatic nitrogens is 1. The van der Waals surface area contributed by atoms with E-state index in [1.54, 1.807) is 31.5 Å². The molecular weight excluding hydrogens is 229 g/mol. The van der Waals surface area contributed by atoms with Crippen molar-refractivity contribution in [1.82, 2.24) is 4.98 Å². The lowest BCUT2D eigenvalue weighted by Gasteiger charge is -2.08. The average Bonchev–Trinajstić information content (AvgIpc) is 2.28. The van der Waals surface area contributed by atoms with Crippen LogP contribution in [0, 0.1) is 19.7 Å². The zero-order valence-corrected chi connectivity index (χ0v) is 10.4. The molecule has 0 fully saturated rings. The molecule has 2 nitrogen and oxygen atoms in total. The Labute approximate surface area is 105 Å². The van der Waals surface area contributed by atoms with E-state index in [9.17, 15) is 9.18 Å². The minimum Gasteiger partial charge on any atom is -0.294 e. The predicted octanol–water partition coefficient (Wildman–Crippen LogP) is 3.26. The van der Waals surface area contributed by atoms with Gasteiger partial charge >= 0.3 is 0 Å². The van der Waals surface area contributed by atoms with Gasteiger partial charge in [0.25, 0.3) is 0 Å². The summed E-state index contributed by atoms with van der Waals surface area (Å²) in [6, 6.07) is 6.74. The Balaban J connectivity index is 2.30. The number of halogens is 1. The summed E-state index contributed by atoms with van der Waals surface area (Å²) in [5, 5.41) is 0. The summed E-state index contributed by atoms with van der Waals surface area (Å²) in [4.78, 5) is 16.0. The number of hydrogen-bond acceptors (Lipinski definition) is 2. The lowest BCUT2D eigenvalue weighted by molar-refractivity contribution is 0.0988. The molecule has 3 heteroatoms. The van der Waals surface area contributed by atoms with Gasteiger partial charge in [-0.25, -0.2) is 4.39 Å². The van der Waals surface area contributed by atoms with Gasteiger partial charge in [-0.3, -0.25) is 9.78 Å². The van der Waals surface area contributed by atoms with Crippen LogP contribution in [0.4, 0.5) is 4.39 Å². The van der Waals surface area contributed by atoms with Gasteiger partial charge in [-0.1, -0.05) is 6.07 Å². The number of nitrogens with zero attached hydrogens (tertiary/aromatic N) is 1. The van der Waals surface area contributed by atoms with Crippen LogP contribution in [0.5, 0.6) is 0 Å². The molecule has 0 spiro atoms. The molecule has 2 aromatic rings. The van der Waals surface area contributed by atoms with Crippen molar-refractivity contribution in [3.05, 3.63) is 64.7 Å². The summed E-state index contributed by atoms with van der Waals surface area (Å²) in [7, 11) is 0. The number of Topliss-reactive ketones (excluding diaryl/α,β-unsaturated/α-hetero) is 1. The fourth-order valence-corrected chi connectivity index (χ4v) is 2.04. The first-order chi connectivity index (χ1) is 8.58. The van der Waals surface area contributed by atoms with Gasteiger partial charge in [-0.2, -0.15) is 0 Å². The number of aryl methyl sites for hydroxylation is 2. The molecule has 0 N–H and O–H groups in total. The highest BCUT2D eigenvalue weighted by molar-refractivity contribution is 5.99. The Morgan fingerprint density at radius 2 is 1.89 bits per heavy atom. The number of pyridine rings is 1. The van der Waals surface area contributed by atoms with Crippen LogP contribution in [0.25, 0.3) is 0 Å². The minimum atomic E-state index is -0.438. The Hall–Kier alpha value is -2.03. The Kier molecular flexibility index (Phi) is 3.51. The van der Waals surface area contributed by atoms with Gasteiger partial charge in [0.05, 0.1) is 5.56 Å². The molecule has 92 valence electrons. The normalized spacial score (nSPS) is 10.4. The van der Waals surface area contributed by atoms with E-state index in [-0.39, 0.29) is 17.8 Å². The fraction of sp³-hybridized carbons (Fsp3) is 0.200. The van der Waals surface area contributed by atoms with E-state index in [1.165, 1.54) is 6.07 Å². The Morgan fingerprint density at radius 3 is 2.50 bits per heavy atom. The van der Waals surface area contributed by atoms with Crippen molar-refractivity contribution in [2.24, 2.45) is 0 Å². The first kappa shape index (κ1) is 12.4. The largest absolute Gasteiger partial charge is 0.294 e. The molecular formula is C15H14FNO. The van der Waals surface area contributed by atoms with Crippen LogP contribution in [0.1, 0.15) is 27.0 Å². The number of benzene rings is 1. The fourth-order valence-electron chi connectivity index (χ4n) is 2.04. The molecule has 0 atom stereocenters. The van der Waals surface area contributed by atoms with Crippen LogP contribution in [-0.2, 0) is 6.42 Å². The van der Waals surface area contributed by atoms with Crippen molar-refractivity contribution in [3.8, 4) is 0 Å². The number of carbonyl (C=O) groups excluding carboxylic acids is 1. The van der Waals surface area contributed by atoms with E-state index in [2.05, 4.69) is 4.98 Å². The molecule has 1 heterocycles. The molecule has 18 heavy (non-hydrogen) atoms. The quantitative estimate of drug-likeness (QED) is 0.774. The summed E-state index contributed by atoms with van der Waals surface area (Å²) in [5.41, 5.74) is 2.55. The van der Waals surface area contributed by atoms with Crippen molar-refractivity contribution >= 4 is 5.78 Å². The van der Waals surface area contributed by atoms with Crippen molar-refractivity contribution in [2.75, 3.05) is 0 Å². The first-order valence-corrected chi connectivity index (χ1v) is 5.77. The van der Waals surface area contributed by atoms with E-state index in [1.807, 2.05) is 13.0 Å². The zero-order valence-electron chi connectivity index (χ0n) is 10.4. The Bertz CT molecular complexity index is 555. The second-order valence-corrected chi connectivity index (χ2v) is 4.39. The highest BCUT2D eigenvalue weighted by atomic mass is 19.1. The predicted molar refractivity (Wildman–Crippen MR) is 68.1 cm³/mol. The molecule has 0 saturated carbocycles. The smallest absolute Gasteiger partial charge is 0.170 e. The summed E-state index contributed by atoms with van der Waals surface area (Å²) in [6.45, 7) is 3.57. The standard InChI is InChI=1S/C15H14FNO/c1-10-7-11(2)15(13(16)8-10)14(18)9-12-3-5-17-6-4-12/h3-8H,9H2,1-2H3. The maximum Gasteiger partial charge on any atom is 0.170 e. The summed E-state index contributed by atoms with van der Waals surface area (Å²) < 4.78 is 13.8. The number of hydrogen-bond donors (Lipinski definition) is 0. The lowest BCUT2D eigenvalue weighted by Crippen LogP contribution is -2.09. The molecule has 0 saturated heterocycles. The van der Waals surface area contributed by atoms with E-state index in [0.29, 0.717) is 5.56 Å². The van der Waals surface area contributed by atoms with Crippen LogP contribution >= 0.6 is 0 Å². The van der Waals surface area contributed by atoms with Gasteiger partial charge in [0, 0.05) is 18.8 Å². The van der Waals surface area contributed by atoms with E-state index in [4.69, 9.17) is 0 Å². The zero-order chi connectivity index (χ0) is 13.1. The summed E-state index contributed by atoms with van der Waals surface area (Å²) in [5.74, 6) is -0.636. The minimum absolute atomic E-state index is 0.192. The highest BCUT2D eigenvalue weighted by Gasteiger charge is 2.15. The van der Waals surface area contributed by atoms with Gasteiger partial charge in [0.15, 0.2) is 5.78 Å². The SMILES string of the molecule is Cc1cc(C)c(C(=O)Cc2ccncc2)c(F)c1. The van der Waals surface area contributed by atoms with Crippen molar-refractivity contribution in [2.45, 2.75) is 20.3 Å². The van der Waals surface area contributed by atoms with Gasteiger partial charge in [-0.15, -0.1) is 0 Å². The number of ketones is 1.